The fourth-order valence-electron chi connectivity index (χ4n) is 4.16. The quantitative estimate of drug-likeness (QED) is 0.369. The van der Waals surface area contributed by atoms with Crippen molar-refractivity contribution >= 4 is 26.7 Å². The molecule has 0 fully saturated rings. The number of nitrogens with zero attached hydrogens (tertiary/aromatic N) is 1. The highest BCUT2D eigenvalue weighted by Crippen LogP contribution is 2.24. The van der Waals surface area contributed by atoms with Crippen LogP contribution in [0.3, 0.4) is 0 Å². The number of sulfonamides is 1. The van der Waals surface area contributed by atoms with Crippen molar-refractivity contribution in [2.75, 3.05) is 0 Å². The summed E-state index contributed by atoms with van der Waals surface area (Å²) in [4.78, 5) is 27.6. The number of aromatic nitrogens is 1. The molecule has 0 saturated heterocycles. The first-order chi connectivity index (χ1) is 16.5. The second-order valence-corrected chi connectivity index (χ2v) is 10.9. The first kappa shape index (κ1) is 24.6. The third-order valence-electron chi connectivity index (χ3n) is 6.11. The van der Waals surface area contributed by atoms with E-state index in [2.05, 4.69) is 4.98 Å². The minimum atomic E-state index is -3.97. The SMILES string of the molecule is CC(=O)c1ccc(S(=O)(=O)N(Cc2ccc(C)cc2)Cc2cc3c(C)cc(C)cc3[nH]c2=O)cc1. The average molecular weight is 489 g/mol. The van der Waals surface area contributed by atoms with E-state index in [0.717, 1.165) is 33.2 Å². The molecule has 3 aromatic carbocycles. The Kier molecular flexibility index (Phi) is 6.74. The molecule has 0 radical (unpaired) electrons. The number of benzene rings is 3. The highest BCUT2D eigenvalue weighted by Gasteiger charge is 2.26. The highest BCUT2D eigenvalue weighted by molar-refractivity contribution is 7.89. The first-order valence-corrected chi connectivity index (χ1v) is 12.8. The second kappa shape index (κ2) is 9.60. The first-order valence-electron chi connectivity index (χ1n) is 11.3. The van der Waals surface area contributed by atoms with Crippen LogP contribution in [0.15, 0.2) is 76.4 Å². The molecule has 0 spiro atoms. The lowest BCUT2D eigenvalue weighted by Gasteiger charge is -2.23. The van der Waals surface area contributed by atoms with Crippen LogP contribution in [0.4, 0.5) is 0 Å². The van der Waals surface area contributed by atoms with Crippen LogP contribution in [-0.4, -0.2) is 23.5 Å². The van der Waals surface area contributed by atoms with Gasteiger partial charge in [-0.1, -0.05) is 48.0 Å². The molecule has 4 aromatic rings. The minimum absolute atomic E-state index is 0.0682. The number of nitrogens with one attached hydrogen (secondary N) is 1. The van der Waals surface area contributed by atoms with Crippen molar-refractivity contribution in [2.24, 2.45) is 0 Å². The van der Waals surface area contributed by atoms with Crippen LogP contribution in [-0.2, 0) is 23.1 Å². The molecule has 0 unspecified atom stereocenters. The summed E-state index contributed by atoms with van der Waals surface area (Å²) < 4.78 is 28.7. The van der Waals surface area contributed by atoms with Gasteiger partial charge in [-0.2, -0.15) is 4.31 Å². The molecule has 0 aliphatic rings. The number of carbonyl (C=O) groups is 1. The minimum Gasteiger partial charge on any atom is -0.322 e. The van der Waals surface area contributed by atoms with Crippen LogP contribution >= 0.6 is 0 Å². The largest absolute Gasteiger partial charge is 0.322 e. The van der Waals surface area contributed by atoms with Crippen LogP contribution < -0.4 is 5.56 Å². The Morgan fingerprint density at radius 3 is 2.14 bits per heavy atom. The van der Waals surface area contributed by atoms with E-state index in [1.807, 2.05) is 57.2 Å². The van der Waals surface area contributed by atoms with E-state index in [1.165, 1.54) is 35.5 Å². The van der Waals surface area contributed by atoms with E-state index in [1.54, 1.807) is 6.07 Å². The zero-order valence-electron chi connectivity index (χ0n) is 20.3. The number of carbonyl (C=O) groups excluding carboxylic acids is 1. The molecule has 0 saturated carbocycles. The summed E-state index contributed by atoms with van der Waals surface area (Å²) in [6.45, 7) is 7.33. The van der Waals surface area contributed by atoms with Gasteiger partial charge in [0.2, 0.25) is 10.0 Å². The zero-order valence-corrected chi connectivity index (χ0v) is 21.1. The van der Waals surface area contributed by atoms with Gasteiger partial charge < -0.3 is 4.98 Å². The maximum Gasteiger partial charge on any atom is 0.252 e. The number of rotatable bonds is 7. The number of fused-ring (bicyclic) bond motifs is 1. The van der Waals surface area contributed by atoms with Crippen LogP contribution in [0.2, 0.25) is 0 Å². The standard InChI is InChI=1S/C28H28N2O4S/c1-18-5-7-22(8-6-18)16-30(35(33,34)25-11-9-23(10-12-25)21(4)31)17-24-15-26-20(3)13-19(2)14-27(26)29-28(24)32/h5-15H,16-17H2,1-4H3,(H,29,32). The van der Waals surface area contributed by atoms with Crippen LogP contribution in [0.25, 0.3) is 10.9 Å². The third kappa shape index (κ3) is 5.26. The fourth-order valence-corrected chi connectivity index (χ4v) is 5.56. The molecule has 4 rings (SSSR count). The van der Waals surface area contributed by atoms with Gasteiger partial charge in [0.1, 0.15) is 0 Å². The Morgan fingerprint density at radius 2 is 1.51 bits per heavy atom. The summed E-state index contributed by atoms with van der Waals surface area (Å²) in [5.41, 5.74) is 5.12. The van der Waals surface area contributed by atoms with Gasteiger partial charge in [0.25, 0.3) is 5.56 Å². The molecule has 0 aliphatic heterocycles. The molecule has 0 amide bonds. The van der Waals surface area contributed by atoms with Crippen molar-refractivity contribution in [1.29, 1.82) is 0 Å². The summed E-state index contributed by atoms with van der Waals surface area (Å²) >= 11 is 0. The Hall–Kier alpha value is -3.55. The maximum atomic E-state index is 13.7. The third-order valence-corrected chi connectivity index (χ3v) is 7.92. The van der Waals surface area contributed by atoms with Gasteiger partial charge in [-0.3, -0.25) is 9.59 Å². The molecular weight excluding hydrogens is 460 g/mol. The van der Waals surface area contributed by atoms with Crippen LogP contribution in [0, 0.1) is 20.8 Å². The Morgan fingerprint density at radius 1 is 0.857 bits per heavy atom. The molecule has 7 heteroatoms. The summed E-state index contributed by atoms with van der Waals surface area (Å²) in [6.07, 6.45) is 0. The number of hydrogen-bond acceptors (Lipinski definition) is 4. The molecule has 0 bridgehead atoms. The van der Waals surface area contributed by atoms with Gasteiger partial charge in [-0.15, -0.1) is 0 Å². The van der Waals surface area contributed by atoms with Crippen molar-refractivity contribution in [3.8, 4) is 0 Å². The van der Waals surface area contributed by atoms with E-state index in [0.29, 0.717) is 11.1 Å². The van der Waals surface area contributed by atoms with Gasteiger partial charge in [-0.25, -0.2) is 8.42 Å². The second-order valence-electron chi connectivity index (χ2n) is 9.01. The number of aryl methyl sites for hydroxylation is 3. The van der Waals surface area contributed by atoms with Gasteiger partial charge in [0.05, 0.1) is 4.90 Å². The van der Waals surface area contributed by atoms with Gasteiger partial charge in [-0.05, 0) is 68.7 Å². The maximum absolute atomic E-state index is 13.7. The van der Waals surface area contributed by atoms with E-state index in [4.69, 9.17) is 0 Å². The number of ketones is 1. The topological polar surface area (TPSA) is 87.3 Å². The van der Waals surface area contributed by atoms with E-state index < -0.39 is 10.0 Å². The van der Waals surface area contributed by atoms with E-state index in [9.17, 15) is 18.0 Å². The van der Waals surface area contributed by atoms with Crippen molar-refractivity contribution in [3.05, 3.63) is 110 Å². The number of H-pyrrole nitrogens is 1. The summed E-state index contributed by atoms with van der Waals surface area (Å²) in [5.74, 6) is -0.140. The van der Waals surface area contributed by atoms with Crippen molar-refractivity contribution in [1.82, 2.24) is 9.29 Å². The molecule has 0 aliphatic carbocycles. The lowest BCUT2D eigenvalue weighted by atomic mass is 10.0. The molecule has 1 N–H and O–H groups in total. The Labute approximate surface area is 205 Å². The van der Waals surface area contributed by atoms with Crippen molar-refractivity contribution in [3.63, 3.8) is 0 Å². The molecular formula is C28H28N2O4S. The molecule has 1 aromatic heterocycles. The lowest BCUT2D eigenvalue weighted by molar-refractivity contribution is 0.101. The highest BCUT2D eigenvalue weighted by atomic mass is 32.2. The molecule has 0 atom stereocenters. The lowest BCUT2D eigenvalue weighted by Crippen LogP contribution is -2.32. The zero-order chi connectivity index (χ0) is 25.3. The van der Waals surface area contributed by atoms with Crippen molar-refractivity contribution < 1.29 is 13.2 Å². The predicted octanol–water partition coefficient (Wildman–Crippen LogP) is 5.05. The number of aromatic amines is 1. The van der Waals surface area contributed by atoms with Crippen LogP contribution in [0.1, 0.15) is 45.1 Å². The number of hydrogen-bond donors (Lipinski definition) is 1. The molecule has 6 nitrogen and oxygen atoms in total. The monoisotopic (exact) mass is 488 g/mol. The van der Waals surface area contributed by atoms with E-state index >= 15 is 0 Å². The smallest absolute Gasteiger partial charge is 0.252 e. The molecule has 1 heterocycles. The average Bonchev–Trinajstić information content (AvgIpc) is 2.80. The summed E-state index contributed by atoms with van der Waals surface area (Å²) in [6, 6.07) is 19.2. The molecule has 35 heavy (non-hydrogen) atoms. The van der Waals surface area contributed by atoms with E-state index in [-0.39, 0.29) is 29.3 Å². The fraction of sp³-hybridized carbons (Fsp3) is 0.214. The van der Waals surface area contributed by atoms with Gasteiger partial charge in [0, 0.05) is 35.1 Å². The number of Topliss-reactive ketones (excluding diaryl/α,β-unsaturated/α-hetero) is 1. The number of pyridine rings is 1. The van der Waals surface area contributed by atoms with Crippen LogP contribution in [0.5, 0.6) is 0 Å². The molecule has 180 valence electrons. The summed E-state index contributed by atoms with van der Waals surface area (Å²) in [7, 11) is -3.97. The van der Waals surface area contributed by atoms with Gasteiger partial charge in [0.15, 0.2) is 5.78 Å². The van der Waals surface area contributed by atoms with Gasteiger partial charge >= 0.3 is 0 Å². The summed E-state index contributed by atoms with van der Waals surface area (Å²) in [5, 5.41) is 0.878. The van der Waals surface area contributed by atoms with Crippen molar-refractivity contribution in [2.45, 2.75) is 45.7 Å². The normalized spacial score (nSPS) is 11.8. The predicted molar refractivity (Wildman–Crippen MR) is 138 cm³/mol. The Balaban J connectivity index is 1.78. The Bertz CT molecular complexity index is 1570.